The normalized spacial score (nSPS) is 16.4. The number of benzene rings is 1. The van der Waals surface area contributed by atoms with Crippen molar-refractivity contribution in [3.05, 3.63) is 78.5 Å². The molecule has 29 heavy (non-hydrogen) atoms. The Balaban J connectivity index is 1.47. The fourth-order valence-corrected chi connectivity index (χ4v) is 4.09. The van der Waals surface area contributed by atoms with Gasteiger partial charge in [-0.25, -0.2) is 9.97 Å². The van der Waals surface area contributed by atoms with Gasteiger partial charge in [0.2, 0.25) is 0 Å². The van der Waals surface area contributed by atoms with Crippen LogP contribution in [0.1, 0.15) is 34.9 Å². The van der Waals surface area contributed by atoms with Crippen molar-refractivity contribution in [2.75, 3.05) is 6.54 Å². The molecule has 0 spiro atoms. The average molecular weight is 383 g/mol. The second kappa shape index (κ2) is 7.13. The molecule has 0 saturated carbocycles. The lowest BCUT2D eigenvalue weighted by Gasteiger charge is -2.25. The highest BCUT2D eigenvalue weighted by Gasteiger charge is 2.31. The Bertz CT molecular complexity index is 1200. The van der Waals surface area contributed by atoms with Crippen molar-refractivity contribution in [1.29, 1.82) is 0 Å². The van der Waals surface area contributed by atoms with Crippen LogP contribution in [0, 0.1) is 0 Å². The first-order valence-electron chi connectivity index (χ1n) is 9.80. The summed E-state index contributed by atoms with van der Waals surface area (Å²) in [6.45, 7) is 0.737. The van der Waals surface area contributed by atoms with Gasteiger partial charge in [0.1, 0.15) is 5.69 Å². The highest BCUT2D eigenvalue weighted by atomic mass is 16.2. The molecule has 1 aliphatic heterocycles. The van der Waals surface area contributed by atoms with Crippen LogP contribution >= 0.6 is 0 Å². The van der Waals surface area contributed by atoms with E-state index in [-0.39, 0.29) is 11.9 Å². The van der Waals surface area contributed by atoms with E-state index in [0.717, 1.165) is 47.2 Å². The van der Waals surface area contributed by atoms with Gasteiger partial charge in [-0.1, -0.05) is 24.3 Å². The summed E-state index contributed by atoms with van der Waals surface area (Å²) in [4.78, 5) is 28.5. The third kappa shape index (κ3) is 3.16. The number of carbonyl (C=O) groups excluding carboxylic acids is 1. The highest BCUT2D eigenvalue weighted by molar-refractivity contribution is 5.95. The number of rotatable bonds is 3. The fraction of sp³-hybridized carbons (Fsp3) is 0.217. The third-order valence-electron chi connectivity index (χ3n) is 5.58. The third-order valence-corrected chi connectivity index (χ3v) is 5.58. The van der Waals surface area contributed by atoms with E-state index in [4.69, 9.17) is 0 Å². The van der Waals surface area contributed by atoms with Crippen LogP contribution in [0.25, 0.3) is 22.3 Å². The Labute approximate surface area is 168 Å². The van der Waals surface area contributed by atoms with E-state index >= 15 is 0 Å². The molecule has 5 rings (SSSR count). The van der Waals surface area contributed by atoms with Gasteiger partial charge in [0.05, 0.1) is 35.5 Å². The molecule has 0 aliphatic carbocycles. The molecule has 1 aromatic carbocycles. The first-order chi connectivity index (χ1) is 14.2. The lowest BCUT2D eigenvalue weighted by Crippen LogP contribution is -2.31. The highest BCUT2D eigenvalue weighted by Crippen LogP contribution is 2.34. The van der Waals surface area contributed by atoms with Gasteiger partial charge in [-0.15, -0.1) is 0 Å². The average Bonchev–Trinajstić information content (AvgIpc) is 3.42. The zero-order valence-electron chi connectivity index (χ0n) is 16.2. The summed E-state index contributed by atoms with van der Waals surface area (Å²) in [5, 5.41) is 1.04. The number of para-hydroxylation sites is 1. The lowest BCUT2D eigenvalue weighted by atomic mass is 10.0. The molecule has 1 aliphatic rings. The van der Waals surface area contributed by atoms with Crippen LogP contribution in [0.15, 0.2) is 67.3 Å². The second-order valence-electron chi connectivity index (χ2n) is 7.41. The molecule has 3 aromatic heterocycles. The number of aryl methyl sites for hydroxylation is 1. The molecule has 1 amide bonds. The van der Waals surface area contributed by atoms with E-state index in [0.29, 0.717) is 5.69 Å². The minimum atomic E-state index is -0.0165. The molecular weight excluding hydrogens is 362 g/mol. The molecule has 0 bridgehead atoms. The summed E-state index contributed by atoms with van der Waals surface area (Å²) in [6.07, 6.45) is 7.30. The topological polar surface area (TPSA) is 63.9 Å². The maximum absolute atomic E-state index is 13.3. The van der Waals surface area contributed by atoms with Crippen LogP contribution in [-0.2, 0) is 7.05 Å². The monoisotopic (exact) mass is 383 g/mol. The molecule has 144 valence electrons. The Morgan fingerprint density at radius 1 is 1.14 bits per heavy atom. The number of imidazole rings is 1. The Kier molecular flexibility index (Phi) is 4.31. The molecule has 6 nitrogen and oxygen atoms in total. The molecule has 1 atom stereocenters. The minimum Gasteiger partial charge on any atom is -0.332 e. The minimum absolute atomic E-state index is 0.0165. The maximum atomic E-state index is 13.3. The summed E-state index contributed by atoms with van der Waals surface area (Å²) in [5.74, 6) is -0.0165. The van der Waals surface area contributed by atoms with Crippen molar-refractivity contribution in [3.63, 3.8) is 0 Å². The van der Waals surface area contributed by atoms with Crippen LogP contribution in [0.2, 0.25) is 0 Å². The lowest BCUT2D eigenvalue weighted by molar-refractivity contribution is 0.0730. The van der Waals surface area contributed by atoms with E-state index < -0.39 is 0 Å². The number of nitrogens with zero attached hydrogens (tertiary/aromatic N) is 5. The quantitative estimate of drug-likeness (QED) is 0.536. The van der Waals surface area contributed by atoms with Gasteiger partial charge < -0.3 is 9.47 Å². The Morgan fingerprint density at radius 3 is 2.90 bits per heavy atom. The van der Waals surface area contributed by atoms with Gasteiger partial charge in [0.15, 0.2) is 0 Å². The summed E-state index contributed by atoms with van der Waals surface area (Å²) in [7, 11) is 1.95. The smallest absolute Gasteiger partial charge is 0.272 e. The molecule has 1 saturated heterocycles. The van der Waals surface area contributed by atoms with Crippen LogP contribution in [0.4, 0.5) is 0 Å². The second-order valence-corrected chi connectivity index (χ2v) is 7.41. The fourth-order valence-electron chi connectivity index (χ4n) is 4.09. The van der Waals surface area contributed by atoms with Gasteiger partial charge in [0, 0.05) is 25.2 Å². The number of likely N-dealkylation sites (tertiary alicyclic amines) is 1. The Hall–Kier alpha value is -3.54. The van der Waals surface area contributed by atoms with Gasteiger partial charge in [-0.3, -0.25) is 9.78 Å². The van der Waals surface area contributed by atoms with E-state index in [1.54, 1.807) is 6.33 Å². The van der Waals surface area contributed by atoms with Crippen molar-refractivity contribution < 1.29 is 4.79 Å². The number of fused-ring (bicyclic) bond motifs is 1. The summed E-state index contributed by atoms with van der Waals surface area (Å²) in [6, 6.07) is 15.8. The number of hydrogen-bond acceptors (Lipinski definition) is 4. The number of hydrogen-bond donors (Lipinski definition) is 0. The first kappa shape index (κ1) is 17.6. The standard InChI is InChI=1S/C23H21N5O/c1-27-15-24-14-22(27)20-13-17(10-11-25-20)21-7-4-12-28(21)23(29)19-9-8-16-5-2-3-6-18(16)26-19/h2-3,5-6,8-11,13-15,21H,4,7,12H2,1H3/t21-/m0/s1. The molecule has 1 fully saturated rings. The number of amides is 1. The zero-order valence-corrected chi connectivity index (χ0v) is 16.2. The van der Waals surface area contributed by atoms with Crippen molar-refractivity contribution in [3.8, 4) is 11.4 Å². The summed E-state index contributed by atoms with van der Waals surface area (Å²) < 4.78 is 1.95. The molecule has 0 N–H and O–H groups in total. The number of aromatic nitrogens is 4. The molecule has 0 radical (unpaired) electrons. The van der Waals surface area contributed by atoms with E-state index in [2.05, 4.69) is 21.0 Å². The molecular formula is C23H21N5O. The number of pyridine rings is 2. The summed E-state index contributed by atoms with van der Waals surface area (Å²) >= 11 is 0. The van der Waals surface area contributed by atoms with Crippen molar-refractivity contribution in [1.82, 2.24) is 24.4 Å². The predicted octanol–water partition coefficient (Wildman–Crippen LogP) is 4.01. The Morgan fingerprint density at radius 2 is 2.03 bits per heavy atom. The first-order valence-corrected chi connectivity index (χ1v) is 9.80. The molecule has 0 unspecified atom stereocenters. The van der Waals surface area contributed by atoms with Crippen LogP contribution in [0.3, 0.4) is 0 Å². The van der Waals surface area contributed by atoms with Gasteiger partial charge in [-0.2, -0.15) is 0 Å². The number of carbonyl (C=O) groups is 1. The van der Waals surface area contributed by atoms with Gasteiger partial charge >= 0.3 is 0 Å². The molecule has 4 aromatic rings. The van der Waals surface area contributed by atoms with Crippen molar-refractivity contribution >= 4 is 16.8 Å². The van der Waals surface area contributed by atoms with Gasteiger partial charge in [-0.05, 0) is 42.7 Å². The van der Waals surface area contributed by atoms with Crippen LogP contribution in [-0.4, -0.2) is 36.9 Å². The predicted molar refractivity (Wildman–Crippen MR) is 111 cm³/mol. The van der Waals surface area contributed by atoms with Gasteiger partial charge in [0.25, 0.3) is 5.91 Å². The SMILES string of the molecule is Cn1cncc1-c1cc([C@@H]2CCCN2C(=O)c2ccc3ccccc3n2)ccn1. The van der Waals surface area contributed by atoms with E-state index in [1.165, 1.54) is 0 Å². The largest absolute Gasteiger partial charge is 0.332 e. The van der Waals surface area contributed by atoms with Crippen LogP contribution in [0.5, 0.6) is 0 Å². The summed E-state index contributed by atoms with van der Waals surface area (Å²) in [5.41, 5.74) is 4.26. The van der Waals surface area contributed by atoms with Crippen molar-refractivity contribution in [2.45, 2.75) is 18.9 Å². The van der Waals surface area contributed by atoms with Crippen molar-refractivity contribution in [2.24, 2.45) is 7.05 Å². The van der Waals surface area contributed by atoms with Crippen LogP contribution < -0.4 is 0 Å². The van der Waals surface area contributed by atoms with E-state index in [1.807, 2.05) is 71.4 Å². The van der Waals surface area contributed by atoms with E-state index in [9.17, 15) is 4.79 Å². The molecule has 4 heterocycles. The maximum Gasteiger partial charge on any atom is 0.272 e. The zero-order chi connectivity index (χ0) is 19.8. The molecule has 6 heteroatoms.